The number of carbonyl (C=O) groups is 2. The molecule has 0 fully saturated rings. The predicted molar refractivity (Wildman–Crippen MR) is 84.1 cm³/mol. The van der Waals surface area contributed by atoms with Crippen LogP contribution in [0.1, 0.15) is 46.1 Å². The van der Waals surface area contributed by atoms with Gasteiger partial charge < -0.3 is 19.0 Å². The van der Waals surface area contributed by atoms with Crippen molar-refractivity contribution < 1.29 is 28.6 Å². The molecule has 128 valence electrons. The Hall–Kier alpha value is -2.39. The summed E-state index contributed by atoms with van der Waals surface area (Å²) in [6, 6.07) is 2.25. The third-order valence-corrected chi connectivity index (χ3v) is 2.78. The molecule has 0 saturated heterocycles. The molecule has 0 bridgehead atoms. The second-order valence-electron chi connectivity index (χ2n) is 4.88. The molecule has 0 spiro atoms. The van der Waals surface area contributed by atoms with Crippen LogP contribution in [0.15, 0.2) is 30.6 Å². The monoisotopic (exact) mass is 358 g/mol. The number of hydrogen-bond acceptors (Lipinski definition) is 8. The summed E-state index contributed by atoms with van der Waals surface area (Å²) in [5.74, 6) is -1.83. The van der Waals surface area contributed by atoms with Gasteiger partial charge >= 0.3 is 34.3 Å². The van der Waals surface area contributed by atoms with Crippen LogP contribution in [0.4, 0.5) is 0 Å². The largest absolute Gasteiger partial charge is 2.00 e. The van der Waals surface area contributed by atoms with Gasteiger partial charge in [-0.25, -0.2) is 9.59 Å². The van der Waals surface area contributed by atoms with E-state index in [2.05, 4.69) is 8.83 Å². The summed E-state index contributed by atoms with van der Waals surface area (Å²) in [5.41, 5.74) is -2.51. The molecule has 0 N–H and O–H groups in total. The minimum Gasteiger partial charge on any atom is -0.872 e. The average molecular weight is 359 g/mol. The van der Waals surface area contributed by atoms with E-state index in [1.807, 2.05) is 0 Å². The zero-order chi connectivity index (χ0) is 18.6. The zero-order valence-corrected chi connectivity index (χ0v) is 15.5. The average Bonchev–Trinajstić information content (AvgIpc) is 2.35. The molecular weight excluding hydrogens is 344 g/mol. The Balaban J connectivity index is 0.000000443. The smallest absolute Gasteiger partial charge is 0.872 e. The van der Waals surface area contributed by atoms with Crippen LogP contribution in [-0.4, -0.2) is 34.6 Å². The quantitative estimate of drug-likeness (QED) is 0.542. The van der Waals surface area contributed by atoms with Crippen LogP contribution >= 0.6 is 0 Å². The predicted octanol–water partition coefficient (Wildman–Crippen LogP) is 0.0680. The van der Waals surface area contributed by atoms with E-state index in [0.29, 0.717) is 0 Å². The third kappa shape index (κ3) is 5.87. The number of ketones is 2. The fourth-order valence-corrected chi connectivity index (χ4v) is 1.80. The second kappa shape index (κ2) is 9.18. The molecule has 2 aromatic heterocycles. The summed E-state index contributed by atoms with van der Waals surface area (Å²) in [7, 11) is 0. The van der Waals surface area contributed by atoms with Gasteiger partial charge in [-0.1, -0.05) is 11.5 Å². The Labute approximate surface area is 158 Å². The van der Waals surface area contributed by atoms with Gasteiger partial charge in [-0.05, 0) is 39.8 Å². The Morgan fingerprint density at radius 1 is 0.800 bits per heavy atom. The molecule has 2 heterocycles. The molecule has 0 amide bonds. The molecule has 25 heavy (non-hydrogen) atoms. The van der Waals surface area contributed by atoms with Crippen molar-refractivity contribution >= 4 is 34.6 Å². The van der Waals surface area contributed by atoms with Crippen molar-refractivity contribution in [3.05, 3.63) is 55.6 Å². The summed E-state index contributed by atoms with van der Waals surface area (Å²) >= 11 is 0. The molecule has 2 aromatic rings. The first-order valence-electron chi connectivity index (χ1n) is 6.70. The van der Waals surface area contributed by atoms with E-state index in [0.717, 1.165) is 26.0 Å². The van der Waals surface area contributed by atoms with Crippen LogP contribution in [-0.2, 0) is 0 Å². The van der Waals surface area contributed by atoms with Crippen LogP contribution in [0.5, 0.6) is 11.5 Å². The van der Waals surface area contributed by atoms with Crippen LogP contribution in [0.3, 0.4) is 0 Å². The Morgan fingerprint density at radius 3 is 1.28 bits per heavy atom. The van der Waals surface area contributed by atoms with E-state index in [1.165, 1.54) is 13.8 Å². The van der Waals surface area contributed by atoms with Crippen molar-refractivity contribution in [1.82, 2.24) is 0 Å². The Kier molecular flexibility index (Phi) is 8.30. The topological polar surface area (TPSA) is 141 Å². The van der Waals surface area contributed by atoms with Crippen molar-refractivity contribution in [2.75, 3.05) is 0 Å². The normalized spacial score (nSPS) is 9.44. The van der Waals surface area contributed by atoms with Gasteiger partial charge in [-0.15, -0.1) is 0 Å². The minimum absolute atomic E-state index is 0. The number of hydrogen-bond donors (Lipinski definition) is 0. The second-order valence-corrected chi connectivity index (χ2v) is 4.88. The maximum atomic E-state index is 11.0. The van der Waals surface area contributed by atoms with E-state index >= 15 is 0 Å². The maximum Gasteiger partial charge on any atom is 2.00 e. The van der Waals surface area contributed by atoms with Gasteiger partial charge in [0.05, 0.1) is 11.1 Å². The van der Waals surface area contributed by atoms with Gasteiger partial charge in [-0.3, -0.25) is 9.59 Å². The molecule has 0 aromatic carbocycles. The molecule has 0 saturated carbocycles. The molecule has 0 radical (unpaired) electrons. The molecule has 8 nitrogen and oxygen atoms in total. The summed E-state index contributed by atoms with van der Waals surface area (Å²) < 4.78 is 9.15. The molecule has 0 unspecified atom stereocenters. The summed E-state index contributed by atoms with van der Waals surface area (Å²) in [5, 5.41) is 22.0. The van der Waals surface area contributed by atoms with E-state index < -0.39 is 45.4 Å². The number of carbonyl (C=O) groups excluding carboxylic acids is 2. The third-order valence-electron chi connectivity index (χ3n) is 2.78. The summed E-state index contributed by atoms with van der Waals surface area (Å²) in [6.07, 6.45) is 0. The standard InChI is InChI=1S/2C8H8O4.Mg/c2*1-4-3-6(10)7(5(2)9)8(11)12-4;/h2*3,10H,1-2H3;/q;;+2/p-2. The van der Waals surface area contributed by atoms with Gasteiger partial charge in [0.2, 0.25) is 0 Å². The zero-order valence-electron chi connectivity index (χ0n) is 14.1. The number of aryl methyl sites for hydroxylation is 2. The molecule has 2 rings (SSSR count). The van der Waals surface area contributed by atoms with Gasteiger partial charge in [-0.2, -0.15) is 0 Å². The first-order chi connectivity index (χ1) is 11.0. The van der Waals surface area contributed by atoms with Gasteiger partial charge in [0.25, 0.3) is 0 Å². The Morgan fingerprint density at radius 2 is 1.08 bits per heavy atom. The van der Waals surface area contributed by atoms with E-state index in [-0.39, 0.29) is 34.6 Å². The minimum atomic E-state index is -0.854. The van der Waals surface area contributed by atoms with Gasteiger partial charge in [0, 0.05) is 0 Å². The van der Waals surface area contributed by atoms with Crippen molar-refractivity contribution in [1.29, 1.82) is 0 Å². The first-order valence-corrected chi connectivity index (χ1v) is 6.70. The maximum absolute atomic E-state index is 11.0. The van der Waals surface area contributed by atoms with Gasteiger partial charge in [0.15, 0.2) is 11.6 Å². The van der Waals surface area contributed by atoms with Crippen LogP contribution in [0.25, 0.3) is 0 Å². The Bertz CT molecular complexity index is 832. The molecular formula is C16H14MgO8. The molecule has 0 atom stereocenters. The molecule has 0 aliphatic heterocycles. The van der Waals surface area contributed by atoms with E-state index in [9.17, 15) is 29.4 Å². The summed E-state index contributed by atoms with van der Waals surface area (Å²) in [4.78, 5) is 43.3. The fourth-order valence-electron chi connectivity index (χ4n) is 1.80. The number of Topliss-reactive ketones (excluding diaryl/α,β-unsaturated/α-hetero) is 2. The van der Waals surface area contributed by atoms with Crippen molar-refractivity contribution in [2.45, 2.75) is 27.7 Å². The SMILES string of the molecule is CC(=O)c1c([O-])cc(C)oc1=O.CC(=O)c1c([O-])cc(C)oc1=O.[Mg+2]. The molecule has 0 aliphatic carbocycles. The van der Waals surface area contributed by atoms with E-state index in [4.69, 9.17) is 0 Å². The van der Waals surface area contributed by atoms with Crippen molar-refractivity contribution in [2.24, 2.45) is 0 Å². The summed E-state index contributed by atoms with van der Waals surface area (Å²) in [6.45, 7) is 5.27. The fraction of sp³-hybridized carbons (Fsp3) is 0.250. The van der Waals surface area contributed by atoms with Crippen molar-refractivity contribution in [3.63, 3.8) is 0 Å². The van der Waals surface area contributed by atoms with E-state index in [1.54, 1.807) is 0 Å². The van der Waals surface area contributed by atoms with Crippen LogP contribution < -0.4 is 21.5 Å². The number of rotatable bonds is 2. The first kappa shape index (κ1) is 22.6. The van der Waals surface area contributed by atoms with Crippen molar-refractivity contribution in [3.8, 4) is 11.5 Å². The molecule has 9 heteroatoms. The van der Waals surface area contributed by atoms with Gasteiger partial charge in [0.1, 0.15) is 11.5 Å². The van der Waals surface area contributed by atoms with Crippen LogP contribution in [0, 0.1) is 13.8 Å². The molecule has 0 aliphatic rings. The van der Waals surface area contributed by atoms with Crippen LogP contribution in [0.2, 0.25) is 0 Å².